The van der Waals surface area contributed by atoms with Gasteiger partial charge in [-0.25, -0.2) is 4.98 Å². The molecule has 3 rings (SSSR count). The summed E-state index contributed by atoms with van der Waals surface area (Å²) in [5.74, 6) is -0.209. The first-order valence-electron chi connectivity index (χ1n) is 6.41. The summed E-state index contributed by atoms with van der Waals surface area (Å²) in [4.78, 5) is 17.0. The molecule has 0 aliphatic carbocycles. The number of nitrogens with two attached hydrogens (primary N) is 2. The Hall–Kier alpha value is -3.31. The lowest BCUT2D eigenvalue weighted by molar-refractivity contribution is 1.00. The number of halogens is 1. The van der Waals surface area contributed by atoms with E-state index in [-0.39, 0.29) is 27.4 Å². The molecule has 0 saturated heterocycles. The molecule has 0 aliphatic heterocycles. The Morgan fingerprint density at radius 2 is 2.17 bits per heavy atom. The molecule has 2 aromatic heterocycles. The Balaban J connectivity index is 2.47. The highest BCUT2D eigenvalue weighted by molar-refractivity contribution is 6.32. The van der Waals surface area contributed by atoms with Gasteiger partial charge in [0.05, 0.1) is 21.3 Å². The zero-order valence-corrected chi connectivity index (χ0v) is 12.4. The van der Waals surface area contributed by atoms with Gasteiger partial charge in [0.15, 0.2) is 5.65 Å². The third kappa shape index (κ3) is 2.29. The van der Waals surface area contributed by atoms with Crippen LogP contribution in [0.1, 0.15) is 5.56 Å². The van der Waals surface area contributed by atoms with Crippen LogP contribution in [-0.2, 0) is 0 Å². The molecule has 0 spiro atoms. The van der Waals surface area contributed by atoms with Crippen molar-refractivity contribution in [1.82, 2.24) is 14.8 Å². The van der Waals surface area contributed by atoms with E-state index in [0.29, 0.717) is 11.0 Å². The number of hydrazone groups is 1. The number of imidazole rings is 1. The average Bonchev–Trinajstić information content (AvgIpc) is 2.90. The fourth-order valence-corrected chi connectivity index (χ4v) is 2.50. The lowest BCUT2D eigenvalue weighted by Crippen LogP contribution is -2.34. The normalized spacial score (nSPS) is 11.6. The molecule has 0 bridgehead atoms. The maximum Gasteiger partial charge on any atom is 0.267 e. The molecule has 0 radical (unpaired) electrons. The number of nitriles is 1. The Morgan fingerprint density at radius 1 is 1.43 bits per heavy atom. The number of fused-ring (bicyclic) bond motifs is 3. The molecule has 0 saturated carbocycles. The van der Waals surface area contributed by atoms with Gasteiger partial charge in [-0.15, -0.1) is 5.10 Å². The maximum atomic E-state index is 12.7. The van der Waals surface area contributed by atoms with Crippen LogP contribution in [0, 0.1) is 11.3 Å². The van der Waals surface area contributed by atoms with Crippen molar-refractivity contribution in [3.63, 3.8) is 0 Å². The number of rotatable bonds is 2. The monoisotopic (exact) mass is 327 g/mol. The van der Waals surface area contributed by atoms with Crippen LogP contribution >= 0.6 is 11.6 Å². The summed E-state index contributed by atoms with van der Waals surface area (Å²) in [6.45, 7) is 0. The Bertz CT molecular complexity index is 1110. The zero-order valence-electron chi connectivity index (χ0n) is 11.6. The summed E-state index contributed by atoms with van der Waals surface area (Å²) in [5.41, 5.74) is 13.9. The minimum atomic E-state index is -0.434. The van der Waals surface area contributed by atoms with E-state index in [4.69, 9.17) is 23.1 Å². The minimum Gasteiger partial charge on any atom is -0.369 e. The predicted molar refractivity (Wildman–Crippen MR) is 87.3 cm³/mol. The Kier molecular flexibility index (Phi) is 3.48. The second kappa shape index (κ2) is 5.47. The van der Waals surface area contributed by atoms with Gasteiger partial charge in [0.25, 0.3) is 5.56 Å². The van der Waals surface area contributed by atoms with E-state index in [1.165, 1.54) is 10.6 Å². The van der Waals surface area contributed by atoms with Gasteiger partial charge >= 0.3 is 0 Å². The first-order chi connectivity index (χ1) is 11.0. The van der Waals surface area contributed by atoms with Crippen LogP contribution in [0.3, 0.4) is 0 Å². The fraction of sp³-hybridized carbons (Fsp3) is 0. The average molecular weight is 328 g/mol. The minimum absolute atomic E-state index is 0.0152. The van der Waals surface area contributed by atoms with Crippen LogP contribution in [0.25, 0.3) is 22.9 Å². The fourth-order valence-electron chi connectivity index (χ4n) is 2.24. The highest BCUT2D eigenvalue weighted by Crippen LogP contribution is 2.19. The highest BCUT2D eigenvalue weighted by atomic mass is 35.5. The highest BCUT2D eigenvalue weighted by Gasteiger charge is 2.16. The number of benzene rings is 1. The van der Waals surface area contributed by atoms with Crippen LogP contribution in [0.4, 0.5) is 0 Å². The smallest absolute Gasteiger partial charge is 0.267 e. The first kappa shape index (κ1) is 14.6. The maximum absolute atomic E-state index is 12.7. The molecule has 23 heavy (non-hydrogen) atoms. The van der Waals surface area contributed by atoms with E-state index >= 15 is 0 Å². The summed E-state index contributed by atoms with van der Waals surface area (Å²) >= 11 is 6.18. The number of nitrogens with zero attached hydrogens (tertiary/aromatic N) is 4. The molecule has 114 valence electrons. The Labute approximate surface area is 134 Å². The molecule has 0 atom stereocenters. The molecule has 0 unspecified atom stereocenters. The largest absolute Gasteiger partial charge is 0.369 e. The molecule has 9 heteroatoms. The number of guanidine groups is 1. The van der Waals surface area contributed by atoms with Gasteiger partial charge in [0.2, 0.25) is 5.96 Å². The number of hydrogen-bond donors (Lipinski definition) is 3. The van der Waals surface area contributed by atoms with Crippen molar-refractivity contribution in [2.24, 2.45) is 16.6 Å². The number of aromatic nitrogens is 2. The van der Waals surface area contributed by atoms with Gasteiger partial charge in [-0.2, -0.15) is 5.26 Å². The molecule has 5 N–H and O–H groups in total. The number of hydrogen-bond acceptors (Lipinski definition) is 5. The van der Waals surface area contributed by atoms with E-state index in [2.05, 4.69) is 15.5 Å². The van der Waals surface area contributed by atoms with E-state index in [1.54, 1.807) is 24.3 Å². The third-order valence-electron chi connectivity index (χ3n) is 3.19. The molecule has 0 amide bonds. The van der Waals surface area contributed by atoms with Crippen molar-refractivity contribution in [3.8, 4) is 6.07 Å². The number of para-hydroxylation sites is 2. The molecule has 2 heterocycles. The van der Waals surface area contributed by atoms with E-state index in [0.717, 1.165) is 0 Å². The topological polar surface area (TPSA) is 135 Å². The molecule has 1 aromatic carbocycles. The van der Waals surface area contributed by atoms with Crippen LogP contribution in [0.2, 0.25) is 5.02 Å². The van der Waals surface area contributed by atoms with Gasteiger partial charge in [0.1, 0.15) is 11.6 Å². The summed E-state index contributed by atoms with van der Waals surface area (Å²) in [6.07, 6.45) is 1.24. The SMILES string of the molecule is N#Cc1c(Cl)/c(=C\NN=C(N)N)c(=O)n2c1nc1ccccc12. The van der Waals surface area contributed by atoms with Crippen molar-refractivity contribution in [2.45, 2.75) is 0 Å². The summed E-state index contributed by atoms with van der Waals surface area (Å²) < 4.78 is 1.34. The van der Waals surface area contributed by atoms with Crippen molar-refractivity contribution in [3.05, 3.63) is 50.4 Å². The van der Waals surface area contributed by atoms with Crippen LogP contribution in [-0.4, -0.2) is 15.3 Å². The van der Waals surface area contributed by atoms with Gasteiger partial charge in [0, 0.05) is 6.20 Å². The lowest BCUT2D eigenvalue weighted by Gasteiger charge is -2.01. The molecule has 8 nitrogen and oxygen atoms in total. The third-order valence-corrected chi connectivity index (χ3v) is 3.58. The standard InChI is InChI=1S/C14H10ClN7O/c15-11-7(5-16)12-20-9-3-1-2-4-10(9)22(12)13(23)8(11)6-19-21-14(17)18/h1-4,6,19H,(H4,17,18,21)/b8-6+. The quantitative estimate of drug-likeness (QED) is 0.333. The molecule has 3 aromatic rings. The van der Waals surface area contributed by atoms with Gasteiger partial charge in [-0.3, -0.25) is 14.6 Å². The van der Waals surface area contributed by atoms with Crippen molar-refractivity contribution in [1.29, 1.82) is 5.26 Å². The number of nitrogens with one attached hydrogen (secondary N) is 1. The van der Waals surface area contributed by atoms with Crippen LogP contribution in [0.15, 0.2) is 34.2 Å². The number of pyridine rings is 1. The molecule has 0 fully saturated rings. The van der Waals surface area contributed by atoms with Gasteiger partial charge < -0.3 is 11.5 Å². The van der Waals surface area contributed by atoms with Gasteiger partial charge in [-0.1, -0.05) is 23.7 Å². The molecular weight excluding hydrogens is 318 g/mol. The van der Waals surface area contributed by atoms with Crippen molar-refractivity contribution < 1.29 is 0 Å². The van der Waals surface area contributed by atoms with E-state index in [9.17, 15) is 10.1 Å². The van der Waals surface area contributed by atoms with E-state index < -0.39 is 5.56 Å². The van der Waals surface area contributed by atoms with Crippen LogP contribution < -0.4 is 27.7 Å². The Morgan fingerprint density at radius 3 is 2.87 bits per heavy atom. The van der Waals surface area contributed by atoms with Gasteiger partial charge in [-0.05, 0) is 12.1 Å². The first-order valence-corrected chi connectivity index (χ1v) is 6.79. The predicted octanol–water partition coefficient (Wildman–Crippen LogP) is -0.392. The van der Waals surface area contributed by atoms with Crippen molar-refractivity contribution >= 4 is 40.4 Å². The lowest BCUT2D eigenvalue weighted by atomic mass is 10.2. The summed E-state index contributed by atoms with van der Waals surface area (Å²) in [7, 11) is 0. The summed E-state index contributed by atoms with van der Waals surface area (Å²) in [6, 6.07) is 9.03. The molecular formula is C14H10ClN7O. The van der Waals surface area contributed by atoms with Crippen LogP contribution in [0.5, 0.6) is 0 Å². The van der Waals surface area contributed by atoms with Crippen molar-refractivity contribution in [2.75, 3.05) is 0 Å². The summed E-state index contributed by atoms with van der Waals surface area (Å²) in [5, 5.41) is 13.0. The zero-order chi connectivity index (χ0) is 16.6. The van der Waals surface area contributed by atoms with E-state index in [1.807, 2.05) is 6.07 Å². The second-order valence-corrected chi connectivity index (χ2v) is 4.97. The molecule has 0 aliphatic rings. The second-order valence-electron chi connectivity index (χ2n) is 4.59.